The van der Waals surface area contributed by atoms with Crippen molar-refractivity contribution in [3.05, 3.63) is 18.0 Å². The van der Waals surface area contributed by atoms with Crippen LogP contribution in [0, 0.1) is 0 Å². The second kappa shape index (κ2) is 5.85. The van der Waals surface area contributed by atoms with Gasteiger partial charge in [-0.3, -0.25) is 0 Å². The molecule has 1 saturated carbocycles. The molecule has 0 amide bonds. The van der Waals surface area contributed by atoms with E-state index in [9.17, 15) is 8.42 Å². The first-order valence-electron chi connectivity index (χ1n) is 6.78. The monoisotopic (exact) mass is 301 g/mol. The highest BCUT2D eigenvalue weighted by molar-refractivity contribution is 7.89. The fraction of sp³-hybridized carbons (Fsp3) is 0.692. The van der Waals surface area contributed by atoms with Crippen LogP contribution in [0.15, 0.2) is 17.2 Å². The van der Waals surface area contributed by atoms with Gasteiger partial charge in [0.1, 0.15) is 0 Å². The maximum atomic E-state index is 12.2. The molecule has 0 unspecified atom stereocenters. The van der Waals surface area contributed by atoms with Crippen molar-refractivity contribution in [1.82, 2.24) is 15.0 Å². The molecule has 0 radical (unpaired) electrons. The van der Waals surface area contributed by atoms with E-state index in [-0.39, 0.29) is 11.4 Å². The van der Waals surface area contributed by atoms with Crippen molar-refractivity contribution in [2.45, 2.75) is 49.8 Å². The van der Waals surface area contributed by atoms with E-state index in [1.807, 2.05) is 13.8 Å². The molecule has 0 bridgehead atoms. The third-order valence-corrected chi connectivity index (χ3v) is 4.81. The Kier molecular flexibility index (Phi) is 4.53. The van der Waals surface area contributed by atoms with Crippen LogP contribution in [0.3, 0.4) is 0 Å². The Hall–Kier alpha value is -0.890. The summed E-state index contributed by atoms with van der Waals surface area (Å²) in [5.74, 6) is 0. The largest absolute Gasteiger partial charge is 0.377 e. The zero-order valence-corrected chi connectivity index (χ0v) is 13.0. The van der Waals surface area contributed by atoms with Gasteiger partial charge in [0.25, 0.3) is 0 Å². The van der Waals surface area contributed by atoms with Crippen LogP contribution in [0.25, 0.3) is 0 Å². The number of aromatic amines is 1. The first-order chi connectivity index (χ1) is 9.32. The van der Waals surface area contributed by atoms with E-state index in [1.54, 1.807) is 13.2 Å². The minimum Gasteiger partial charge on any atom is -0.377 e. The quantitative estimate of drug-likeness (QED) is 0.668. The van der Waals surface area contributed by atoms with Gasteiger partial charge >= 0.3 is 0 Å². The number of sulfonamides is 1. The number of methoxy groups -OCH3 is 1. The molecule has 0 aromatic carbocycles. The molecule has 1 aliphatic carbocycles. The number of hydrogen-bond donors (Lipinski definition) is 3. The van der Waals surface area contributed by atoms with Gasteiger partial charge in [-0.05, 0) is 32.8 Å². The summed E-state index contributed by atoms with van der Waals surface area (Å²) in [5.41, 5.74) is 0.350. The molecule has 0 aliphatic heterocycles. The Morgan fingerprint density at radius 2 is 2.15 bits per heavy atom. The van der Waals surface area contributed by atoms with Crippen molar-refractivity contribution in [2.24, 2.45) is 0 Å². The van der Waals surface area contributed by atoms with Crippen LogP contribution < -0.4 is 10.0 Å². The van der Waals surface area contributed by atoms with E-state index < -0.39 is 15.6 Å². The molecule has 6 nitrogen and oxygen atoms in total. The van der Waals surface area contributed by atoms with Gasteiger partial charge in [0.2, 0.25) is 10.0 Å². The van der Waals surface area contributed by atoms with Gasteiger partial charge in [0, 0.05) is 38.1 Å². The van der Waals surface area contributed by atoms with Crippen molar-refractivity contribution in [2.75, 3.05) is 13.7 Å². The number of hydrogen-bond acceptors (Lipinski definition) is 4. The molecule has 1 aromatic heterocycles. The average Bonchev–Trinajstić information content (AvgIpc) is 3.10. The van der Waals surface area contributed by atoms with E-state index in [2.05, 4.69) is 15.0 Å². The van der Waals surface area contributed by atoms with Crippen LogP contribution >= 0.6 is 0 Å². The fourth-order valence-corrected chi connectivity index (χ4v) is 2.86. The molecule has 1 aliphatic rings. The molecular formula is C13H23N3O3S. The first-order valence-corrected chi connectivity index (χ1v) is 8.26. The normalized spacial score (nSPS) is 16.6. The Morgan fingerprint density at radius 3 is 2.75 bits per heavy atom. The molecule has 114 valence electrons. The number of rotatable bonds is 8. The molecule has 3 N–H and O–H groups in total. The van der Waals surface area contributed by atoms with Crippen molar-refractivity contribution >= 4 is 10.0 Å². The second-order valence-corrected chi connectivity index (χ2v) is 7.57. The van der Waals surface area contributed by atoms with Gasteiger partial charge < -0.3 is 15.0 Å². The molecule has 0 saturated heterocycles. The summed E-state index contributed by atoms with van der Waals surface area (Å²) in [6.07, 6.45) is 3.94. The van der Waals surface area contributed by atoms with E-state index in [1.165, 1.54) is 19.0 Å². The lowest BCUT2D eigenvalue weighted by Gasteiger charge is -2.22. The minimum absolute atomic E-state index is 0.229. The van der Waals surface area contributed by atoms with E-state index in [0.29, 0.717) is 12.6 Å². The summed E-state index contributed by atoms with van der Waals surface area (Å²) < 4.78 is 32.1. The van der Waals surface area contributed by atoms with Crippen molar-refractivity contribution < 1.29 is 13.2 Å². The molecular weight excluding hydrogens is 278 g/mol. The van der Waals surface area contributed by atoms with Gasteiger partial charge in [-0.15, -0.1) is 0 Å². The summed E-state index contributed by atoms with van der Waals surface area (Å²) in [7, 11) is -1.93. The number of nitrogens with one attached hydrogen (secondary N) is 3. The molecule has 7 heteroatoms. The van der Waals surface area contributed by atoms with Crippen LogP contribution in [0.1, 0.15) is 32.4 Å². The fourth-order valence-electron chi connectivity index (χ4n) is 1.64. The maximum absolute atomic E-state index is 12.2. The van der Waals surface area contributed by atoms with Crippen LogP contribution in [0.2, 0.25) is 0 Å². The minimum atomic E-state index is -3.49. The van der Waals surface area contributed by atoms with E-state index >= 15 is 0 Å². The van der Waals surface area contributed by atoms with E-state index in [0.717, 1.165) is 5.69 Å². The smallest absolute Gasteiger partial charge is 0.242 e. The second-order valence-electron chi connectivity index (χ2n) is 5.80. The number of aromatic nitrogens is 1. The number of ether oxygens (including phenoxy) is 1. The Bertz CT molecular complexity index is 547. The molecule has 0 atom stereocenters. The van der Waals surface area contributed by atoms with Crippen molar-refractivity contribution in [3.8, 4) is 0 Å². The Balaban J connectivity index is 1.94. The molecule has 2 rings (SSSR count). The van der Waals surface area contributed by atoms with Gasteiger partial charge in [-0.2, -0.15) is 0 Å². The summed E-state index contributed by atoms with van der Waals surface area (Å²) in [4.78, 5) is 3.25. The van der Waals surface area contributed by atoms with Crippen molar-refractivity contribution in [1.29, 1.82) is 0 Å². The molecule has 1 heterocycles. The van der Waals surface area contributed by atoms with Crippen molar-refractivity contribution in [3.63, 3.8) is 0 Å². The Labute approximate surface area is 120 Å². The lowest BCUT2D eigenvalue weighted by atomic mass is 10.1. The summed E-state index contributed by atoms with van der Waals surface area (Å²) in [5, 5.41) is 3.34. The van der Waals surface area contributed by atoms with Crippen LogP contribution in [0.4, 0.5) is 0 Å². The maximum Gasteiger partial charge on any atom is 0.242 e. The highest BCUT2D eigenvalue weighted by atomic mass is 32.2. The number of H-pyrrole nitrogens is 1. The lowest BCUT2D eigenvalue weighted by Crippen LogP contribution is -2.39. The van der Waals surface area contributed by atoms with E-state index in [4.69, 9.17) is 4.74 Å². The van der Waals surface area contributed by atoms with Gasteiger partial charge in [-0.25, -0.2) is 13.1 Å². The third kappa shape index (κ3) is 4.31. The van der Waals surface area contributed by atoms with Crippen LogP contribution in [-0.2, 0) is 21.3 Å². The molecule has 20 heavy (non-hydrogen) atoms. The van der Waals surface area contributed by atoms with Crippen LogP contribution in [0.5, 0.6) is 0 Å². The highest BCUT2D eigenvalue weighted by Crippen LogP contribution is 2.19. The average molecular weight is 301 g/mol. The SMILES string of the molecule is COC(C)(C)CNS(=O)(=O)c1c[nH]c(CNC2CC2)c1. The predicted octanol–water partition coefficient (Wildman–Crippen LogP) is 0.970. The molecule has 1 fully saturated rings. The zero-order chi connectivity index (χ0) is 14.8. The summed E-state index contributed by atoms with van der Waals surface area (Å²) >= 11 is 0. The topological polar surface area (TPSA) is 83.2 Å². The first kappa shape index (κ1) is 15.5. The third-order valence-electron chi connectivity index (χ3n) is 3.43. The Morgan fingerprint density at radius 1 is 1.45 bits per heavy atom. The highest BCUT2D eigenvalue weighted by Gasteiger charge is 2.23. The van der Waals surface area contributed by atoms with Crippen LogP contribution in [-0.4, -0.2) is 38.7 Å². The molecule has 0 spiro atoms. The van der Waals surface area contributed by atoms with Gasteiger partial charge in [-0.1, -0.05) is 0 Å². The standard InChI is InChI=1S/C13H23N3O3S/c1-13(2,19-3)9-16-20(17,18)12-6-11(15-8-12)7-14-10-4-5-10/h6,8,10,14-16H,4-5,7,9H2,1-3H3. The summed E-state index contributed by atoms with van der Waals surface area (Å²) in [6, 6.07) is 2.26. The van der Waals surface area contributed by atoms with Gasteiger partial charge in [0.15, 0.2) is 0 Å². The summed E-state index contributed by atoms with van der Waals surface area (Å²) in [6.45, 7) is 4.56. The lowest BCUT2D eigenvalue weighted by molar-refractivity contribution is 0.0276. The van der Waals surface area contributed by atoms with Gasteiger partial charge in [0.05, 0.1) is 10.5 Å². The zero-order valence-electron chi connectivity index (χ0n) is 12.2. The predicted molar refractivity (Wildman–Crippen MR) is 76.9 cm³/mol. The molecule has 1 aromatic rings.